The van der Waals surface area contributed by atoms with Crippen molar-refractivity contribution < 1.29 is 9.59 Å². The molecule has 0 atom stereocenters. The predicted octanol–water partition coefficient (Wildman–Crippen LogP) is 4.24. The maximum atomic E-state index is 12.2. The molecule has 33 heavy (non-hydrogen) atoms. The first-order valence-corrected chi connectivity index (χ1v) is 10.4. The summed E-state index contributed by atoms with van der Waals surface area (Å²) in [5.74, 6) is -1.65. The Hall–Kier alpha value is -4.52. The second-order valence-electron chi connectivity index (χ2n) is 7.55. The van der Waals surface area contributed by atoms with Crippen LogP contribution in [0.3, 0.4) is 0 Å². The molecule has 164 valence electrons. The second-order valence-corrected chi connectivity index (χ2v) is 7.55. The van der Waals surface area contributed by atoms with Crippen LogP contribution in [-0.2, 0) is 9.59 Å². The number of carbonyl (C=O) groups excluding carboxylic acids is 2. The molecule has 0 bridgehead atoms. The van der Waals surface area contributed by atoms with Gasteiger partial charge in [0.2, 0.25) is 0 Å². The van der Waals surface area contributed by atoms with E-state index in [9.17, 15) is 9.59 Å². The van der Waals surface area contributed by atoms with Crippen molar-refractivity contribution in [3.8, 4) is 16.9 Å². The van der Waals surface area contributed by atoms with Crippen LogP contribution in [-0.4, -0.2) is 27.8 Å². The minimum Gasteiger partial charge on any atom is -0.317 e. The average Bonchev–Trinajstić information content (AvgIpc) is 3.25. The highest BCUT2D eigenvalue weighted by molar-refractivity contribution is 6.39. The number of benzene rings is 3. The lowest BCUT2D eigenvalue weighted by molar-refractivity contribution is -0.136. The van der Waals surface area contributed by atoms with Crippen LogP contribution in [0.5, 0.6) is 0 Å². The van der Waals surface area contributed by atoms with Gasteiger partial charge in [0.25, 0.3) is 0 Å². The molecule has 0 aliphatic carbocycles. The SMILES string of the molecule is Cc1cccc(-c2nn(-c3ccccc3)cc2/C=N/NC(=O)C(=O)Nc2ccccc2C)c1. The second kappa shape index (κ2) is 9.74. The molecule has 4 rings (SSSR count). The molecule has 3 aromatic carbocycles. The zero-order valence-corrected chi connectivity index (χ0v) is 18.3. The number of hydrazone groups is 1. The first-order chi connectivity index (χ1) is 16.0. The Bertz CT molecular complexity index is 1330. The number of aromatic nitrogens is 2. The summed E-state index contributed by atoms with van der Waals surface area (Å²) in [6.07, 6.45) is 3.32. The van der Waals surface area contributed by atoms with Crippen molar-refractivity contribution in [1.29, 1.82) is 0 Å². The molecular weight excluding hydrogens is 414 g/mol. The fourth-order valence-corrected chi connectivity index (χ4v) is 3.31. The van der Waals surface area contributed by atoms with Crippen LogP contribution in [0, 0.1) is 13.8 Å². The molecule has 0 aliphatic heterocycles. The van der Waals surface area contributed by atoms with Gasteiger partial charge in [-0.3, -0.25) is 9.59 Å². The monoisotopic (exact) mass is 437 g/mol. The first-order valence-electron chi connectivity index (χ1n) is 10.4. The molecular formula is C26H23N5O2. The number of rotatable bonds is 5. The fraction of sp³-hybridized carbons (Fsp3) is 0.0769. The van der Waals surface area contributed by atoms with Gasteiger partial charge in [0.15, 0.2) is 0 Å². The van der Waals surface area contributed by atoms with E-state index in [1.54, 1.807) is 16.8 Å². The number of para-hydroxylation sites is 2. The number of amides is 2. The molecule has 0 spiro atoms. The van der Waals surface area contributed by atoms with E-state index < -0.39 is 11.8 Å². The smallest absolute Gasteiger partial charge is 0.317 e. The van der Waals surface area contributed by atoms with Crippen molar-refractivity contribution in [1.82, 2.24) is 15.2 Å². The molecule has 0 saturated carbocycles. The maximum Gasteiger partial charge on any atom is 0.329 e. The van der Waals surface area contributed by atoms with Crippen LogP contribution in [0.25, 0.3) is 16.9 Å². The van der Waals surface area contributed by atoms with Gasteiger partial charge in [-0.25, -0.2) is 10.1 Å². The zero-order valence-electron chi connectivity index (χ0n) is 18.3. The molecule has 4 aromatic rings. The Morgan fingerprint density at radius 3 is 2.42 bits per heavy atom. The highest BCUT2D eigenvalue weighted by Gasteiger charge is 2.15. The highest BCUT2D eigenvalue weighted by atomic mass is 16.2. The number of anilines is 1. The van der Waals surface area contributed by atoms with Gasteiger partial charge in [-0.05, 0) is 43.7 Å². The fourth-order valence-electron chi connectivity index (χ4n) is 3.31. The van der Waals surface area contributed by atoms with E-state index in [1.165, 1.54) is 6.21 Å². The van der Waals surface area contributed by atoms with Crippen LogP contribution in [0.15, 0.2) is 90.2 Å². The third-order valence-electron chi connectivity index (χ3n) is 5.02. The number of hydrogen-bond acceptors (Lipinski definition) is 4. The normalized spacial score (nSPS) is 10.8. The Kier molecular flexibility index (Phi) is 6.40. The van der Waals surface area contributed by atoms with E-state index in [1.807, 2.05) is 86.8 Å². The van der Waals surface area contributed by atoms with Crippen molar-refractivity contribution in [2.24, 2.45) is 5.10 Å². The molecule has 0 fully saturated rings. The van der Waals surface area contributed by atoms with E-state index >= 15 is 0 Å². The molecule has 0 unspecified atom stereocenters. The van der Waals surface area contributed by atoms with Crippen LogP contribution in [0.2, 0.25) is 0 Å². The summed E-state index contributed by atoms with van der Waals surface area (Å²) in [5.41, 5.74) is 8.06. The number of nitrogens with one attached hydrogen (secondary N) is 2. The summed E-state index contributed by atoms with van der Waals surface area (Å²) in [6, 6.07) is 24.9. The van der Waals surface area contributed by atoms with E-state index in [0.29, 0.717) is 16.9 Å². The predicted molar refractivity (Wildman–Crippen MR) is 129 cm³/mol. The Morgan fingerprint density at radius 2 is 1.67 bits per heavy atom. The lowest BCUT2D eigenvalue weighted by Crippen LogP contribution is -2.32. The number of carbonyl (C=O) groups is 2. The average molecular weight is 438 g/mol. The number of aryl methyl sites for hydroxylation is 2. The lowest BCUT2D eigenvalue weighted by atomic mass is 10.1. The van der Waals surface area contributed by atoms with Crippen LogP contribution in [0.1, 0.15) is 16.7 Å². The third-order valence-corrected chi connectivity index (χ3v) is 5.02. The summed E-state index contributed by atoms with van der Waals surface area (Å²) in [5, 5.41) is 11.3. The van der Waals surface area contributed by atoms with Gasteiger partial charge in [-0.2, -0.15) is 10.2 Å². The van der Waals surface area contributed by atoms with Gasteiger partial charge >= 0.3 is 11.8 Å². The lowest BCUT2D eigenvalue weighted by Gasteiger charge is -2.06. The summed E-state index contributed by atoms with van der Waals surface area (Å²) in [7, 11) is 0. The standard InChI is InChI=1S/C26H23N5O2/c1-18-9-8-11-20(15-18)24-21(17-31(30-24)22-12-4-3-5-13-22)16-27-29-26(33)25(32)28-23-14-7-6-10-19(23)2/h3-17H,1-2H3,(H,28,32)(H,29,33)/b27-16+. The summed E-state index contributed by atoms with van der Waals surface area (Å²) in [6.45, 7) is 3.86. The molecule has 7 heteroatoms. The minimum absolute atomic E-state index is 0.576. The minimum atomic E-state index is -0.859. The van der Waals surface area contributed by atoms with Gasteiger partial charge in [-0.1, -0.05) is 60.2 Å². The van der Waals surface area contributed by atoms with Crippen molar-refractivity contribution in [3.05, 3.63) is 102 Å². The van der Waals surface area contributed by atoms with Gasteiger partial charge < -0.3 is 5.32 Å². The van der Waals surface area contributed by atoms with Crippen molar-refractivity contribution in [2.75, 3.05) is 5.32 Å². The van der Waals surface area contributed by atoms with Crippen molar-refractivity contribution >= 4 is 23.7 Å². The van der Waals surface area contributed by atoms with Crippen LogP contribution >= 0.6 is 0 Å². The van der Waals surface area contributed by atoms with E-state index in [4.69, 9.17) is 5.10 Å². The molecule has 0 aliphatic rings. The molecule has 2 N–H and O–H groups in total. The first kappa shape index (κ1) is 21.7. The summed E-state index contributed by atoms with van der Waals surface area (Å²) < 4.78 is 1.76. The highest BCUT2D eigenvalue weighted by Crippen LogP contribution is 2.23. The zero-order chi connectivity index (χ0) is 23.2. The molecule has 7 nitrogen and oxygen atoms in total. The maximum absolute atomic E-state index is 12.2. The van der Waals surface area contributed by atoms with E-state index in [0.717, 1.165) is 22.4 Å². The van der Waals surface area contributed by atoms with Gasteiger partial charge in [0.1, 0.15) is 5.69 Å². The quantitative estimate of drug-likeness (QED) is 0.278. The molecule has 2 amide bonds. The Morgan fingerprint density at radius 1 is 0.909 bits per heavy atom. The largest absolute Gasteiger partial charge is 0.329 e. The molecule has 0 radical (unpaired) electrons. The van der Waals surface area contributed by atoms with Gasteiger partial charge in [0, 0.05) is 23.0 Å². The van der Waals surface area contributed by atoms with Crippen molar-refractivity contribution in [3.63, 3.8) is 0 Å². The van der Waals surface area contributed by atoms with Gasteiger partial charge in [0.05, 0.1) is 11.9 Å². The third kappa shape index (κ3) is 5.22. The Balaban J connectivity index is 1.55. The van der Waals surface area contributed by atoms with Crippen LogP contribution < -0.4 is 10.7 Å². The number of hydrogen-bond donors (Lipinski definition) is 2. The molecule has 1 aromatic heterocycles. The number of nitrogens with zero attached hydrogens (tertiary/aromatic N) is 3. The molecule has 0 saturated heterocycles. The van der Waals surface area contributed by atoms with E-state index in [-0.39, 0.29) is 0 Å². The summed E-state index contributed by atoms with van der Waals surface area (Å²) >= 11 is 0. The Labute approximate surface area is 191 Å². The van der Waals surface area contributed by atoms with Gasteiger partial charge in [-0.15, -0.1) is 0 Å². The van der Waals surface area contributed by atoms with E-state index in [2.05, 4.69) is 15.8 Å². The topological polar surface area (TPSA) is 88.4 Å². The van der Waals surface area contributed by atoms with Crippen LogP contribution in [0.4, 0.5) is 5.69 Å². The summed E-state index contributed by atoms with van der Waals surface area (Å²) in [4.78, 5) is 24.4. The molecule has 1 heterocycles. The van der Waals surface area contributed by atoms with Crippen molar-refractivity contribution in [2.45, 2.75) is 13.8 Å².